The summed E-state index contributed by atoms with van der Waals surface area (Å²) in [6.45, 7) is 4.38. The first kappa shape index (κ1) is 16.5. The molecule has 0 amide bonds. The molecule has 0 aromatic heterocycles. The summed E-state index contributed by atoms with van der Waals surface area (Å²) in [5.41, 5.74) is 0.903. The van der Waals surface area contributed by atoms with Gasteiger partial charge in [-0.25, -0.2) is 4.39 Å². The zero-order chi connectivity index (χ0) is 14.3. The second-order valence-corrected chi connectivity index (χ2v) is 5.76. The van der Waals surface area contributed by atoms with Crippen LogP contribution in [0.3, 0.4) is 0 Å². The molecule has 0 saturated carbocycles. The third kappa shape index (κ3) is 4.20. The maximum atomic E-state index is 14.3. The smallest absolute Gasteiger partial charge is 0.168 e. The number of hydrogen-bond donors (Lipinski definition) is 0. The van der Waals surface area contributed by atoms with Gasteiger partial charge in [-0.2, -0.15) is 0 Å². The summed E-state index contributed by atoms with van der Waals surface area (Å²) in [5.74, 6) is 0.132. The van der Waals surface area contributed by atoms with Gasteiger partial charge < -0.3 is 4.74 Å². The molecule has 0 heterocycles. The summed E-state index contributed by atoms with van der Waals surface area (Å²) in [7, 11) is 1.51. The average Bonchev–Trinajstić information content (AvgIpc) is 2.45. The number of ether oxygens (including phenoxy) is 1. The van der Waals surface area contributed by atoms with Crippen LogP contribution in [0.2, 0.25) is 0 Å². The fourth-order valence-electron chi connectivity index (χ4n) is 2.40. The van der Waals surface area contributed by atoms with E-state index in [9.17, 15) is 4.39 Å². The standard InChI is InChI=1S/C16H24BrFO/c1-4-6-10-16(5-2,12-17)11-13-8-7-9-14(19-3)15(13)18/h7-9H,4-6,10-12H2,1-3H3. The van der Waals surface area contributed by atoms with Crippen LogP contribution in [0.1, 0.15) is 45.1 Å². The van der Waals surface area contributed by atoms with Crippen molar-refractivity contribution in [1.29, 1.82) is 0 Å². The van der Waals surface area contributed by atoms with Gasteiger partial charge in [-0.15, -0.1) is 0 Å². The Morgan fingerprint density at radius 1 is 1.32 bits per heavy atom. The van der Waals surface area contributed by atoms with Crippen molar-refractivity contribution in [3.05, 3.63) is 29.6 Å². The topological polar surface area (TPSA) is 9.23 Å². The number of methoxy groups -OCH3 is 1. The van der Waals surface area contributed by atoms with Crippen molar-refractivity contribution >= 4 is 15.9 Å². The monoisotopic (exact) mass is 330 g/mol. The van der Waals surface area contributed by atoms with Crippen molar-refractivity contribution in [2.45, 2.75) is 46.0 Å². The summed E-state index contributed by atoms with van der Waals surface area (Å²) < 4.78 is 19.3. The Hall–Kier alpha value is -0.570. The quantitative estimate of drug-likeness (QED) is 0.583. The maximum absolute atomic E-state index is 14.3. The molecule has 1 unspecified atom stereocenters. The van der Waals surface area contributed by atoms with E-state index in [0.29, 0.717) is 5.75 Å². The van der Waals surface area contributed by atoms with E-state index < -0.39 is 0 Å². The molecule has 1 aromatic rings. The molecule has 1 atom stereocenters. The molecule has 1 rings (SSSR count). The second kappa shape index (κ2) is 7.88. The fraction of sp³-hybridized carbons (Fsp3) is 0.625. The molecule has 108 valence electrons. The van der Waals surface area contributed by atoms with Gasteiger partial charge in [0.1, 0.15) is 0 Å². The predicted octanol–water partition coefficient (Wildman–Crippen LogP) is 5.36. The van der Waals surface area contributed by atoms with Crippen molar-refractivity contribution < 1.29 is 9.13 Å². The Morgan fingerprint density at radius 2 is 2.05 bits per heavy atom. The number of rotatable bonds is 8. The highest BCUT2D eigenvalue weighted by Gasteiger charge is 2.28. The summed E-state index contributed by atoms with van der Waals surface area (Å²) in [4.78, 5) is 0. The number of alkyl halides is 1. The molecular weight excluding hydrogens is 307 g/mol. The second-order valence-electron chi connectivity index (χ2n) is 5.20. The predicted molar refractivity (Wildman–Crippen MR) is 82.7 cm³/mol. The van der Waals surface area contributed by atoms with Crippen LogP contribution in [-0.2, 0) is 6.42 Å². The lowest BCUT2D eigenvalue weighted by atomic mass is 9.77. The van der Waals surface area contributed by atoms with Gasteiger partial charge in [0.15, 0.2) is 11.6 Å². The van der Waals surface area contributed by atoms with Gasteiger partial charge in [0, 0.05) is 5.33 Å². The van der Waals surface area contributed by atoms with Gasteiger partial charge in [0.2, 0.25) is 0 Å². The Kier molecular flexibility index (Phi) is 6.84. The minimum absolute atomic E-state index is 0.142. The highest BCUT2D eigenvalue weighted by molar-refractivity contribution is 9.09. The molecule has 0 spiro atoms. The van der Waals surface area contributed by atoms with Crippen LogP contribution in [0.4, 0.5) is 4.39 Å². The van der Waals surface area contributed by atoms with Gasteiger partial charge in [0.25, 0.3) is 0 Å². The van der Waals surface area contributed by atoms with Crippen LogP contribution in [-0.4, -0.2) is 12.4 Å². The lowest BCUT2D eigenvalue weighted by Gasteiger charge is -2.31. The van der Waals surface area contributed by atoms with Gasteiger partial charge in [0.05, 0.1) is 7.11 Å². The molecule has 1 aromatic carbocycles. The van der Waals surface area contributed by atoms with Gasteiger partial charge >= 0.3 is 0 Å². The Balaban J connectivity index is 2.96. The van der Waals surface area contributed by atoms with Crippen molar-refractivity contribution in [3.63, 3.8) is 0 Å². The SMILES string of the molecule is CCCCC(CC)(CBr)Cc1cccc(OC)c1F. The van der Waals surface area contributed by atoms with Crippen LogP contribution in [0.15, 0.2) is 18.2 Å². The van der Waals surface area contributed by atoms with E-state index in [1.54, 1.807) is 6.07 Å². The van der Waals surface area contributed by atoms with Crippen molar-refractivity contribution in [3.8, 4) is 5.75 Å². The highest BCUT2D eigenvalue weighted by atomic mass is 79.9. The van der Waals surface area contributed by atoms with E-state index in [4.69, 9.17) is 4.74 Å². The molecule has 0 aliphatic heterocycles. The van der Waals surface area contributed by atoms with E-state index in [0.717, 1.165) is 30.2 Å². The molecule has 0 aliphatic carbocycles. The lowest BCUT2D eigenvalue weighted by molar-refractivity contribution is 0.278. The normalized spacial score (nSPS) is 14.2. The van der Waals surface area contributed by atoms with Crippen LogP contribution in [0.5, 0.6) is 5.75 Å². The first-order valence-electron chi connectivity index (χ1n) is 6.99. The van der Waals surface area contributed by atoms with E-state index in [-0.39, 0.29) is 11.2 Å². The largest absolute Gasteiger partial charge is 0.494 e. The number of halogens is 2. The van der Waals surface area contributed by atoms with E-state index in [2.05, 4.69) is 29.8 Å². The van der Waals surface area contributed by atoms with Crippen molar-refractivity contribution in [1.82, 2.24) is 0 Å². The molecule has 1 nitrogen and oxygen atoms in total. The Labute approximate surface area is 124 Å². The Bertz CT molecular complexity index is 388. The van der Waals surface area contributed by atoms with E-state index >= 15 is 0 Å². The Morgan fingerprint density at radius 3 is 2.58 bits per heavy atom. The molecule has 0 bridgehead atoms. The average molecular weight is 331 g/mol. The molecule has 0 fully saturated rings. The highest BCUT2D eigenvalue weighted by Crippen LogP contribution is 2.36. The maximum Gasteiger partial charge on any atom is 0.168 e. The lowest BCUT2D eigenvalue weighted by Crippen LogP contribution is -2.25. The van der Waals surface area contributed by atoms with Crippen LogP contribution < -0.4 is 4.74 Å². The molecule has 0 N–H and O–H groups in total. The minimum atomic E-state index is -0.208. The molecule has 0 radical (unpaired) electrons. The number of hydrogen-bond acceptors (Lipinski definition) is 1. The zero-order valence-corrected chi connectivity index (χ0v) is 13.7. The first-order chi connectivity index (χ1) is 9.12. The van der Waals surface area contributed by atoms with Gasteiger partial charge in [-0.05, 0) is 36.3 Å². The van der Waals surface area contributed by atoms with Gasteiger partial charge in [-0.1, -0.05) is 54.8 Å². The zero-order valence-electron chi connectivity index (χ0n) is 12.1. The van der Waals surface area contributed by atoms with Crippen molar-refractivity contribution in [2.75, 3.05) is 12.4 Å². The fourth-order valence-corrected chi connectivity index (χ4v) is 3.28. The molecular formula is C16H24BrFO. The summed E-state index contributed by atoms with van der Waals surface area (Å²) in [6.07, 6.45) is 5.30. The third-order valence-electron chi connectivity index (χ3n) is 3.92. The van der Waals surface area contributed by atoms with Crippen molar-refractivity contribution in [2.24, 2.45) is 5.41 Å². The third-order valence-corrected chi connectivity index (χ3v) is 5.11. The summed E-state index contributed by atoms with van der Waals surface area (Å²) >= 11 is 3.63. The minimum Gasteiger partial charge on any atom is -0.494 e. The van der Waals surface area contributed by atoms with E-state index in [1.165, 1.54) is 20.0 Å². The van der Waals surface area contributed by atoms with Crippen LogP contribution in [0, 0.1) is 11.2 Å². The van der Waals surface area contributed by atoms with Crippen LogP contribution >= 0.6 is 15.9 Å². The summed E-state index contributed by atoms with van der Waals surface area (Å²) in [5, 5.41) is 0.910. The molecule has 0 saturated heterocycles. The summed E-state index contributed by atoms with van der Waals surface area (Å²) in [6, 6.07) is 5.41. The molecule has 19 heavy (non-hydrogen) atoms. The van der Waals surface area contributed by atoms with Crippen LogP contribution in [0.25, 0.3) is 0 Å². The molecule has 0 aliphatic rings. The number of benzene rings is 1. The molecule has 3 heteroatoms. The first-order valence-corrected chi connectivity index (χ1v) is 8.12. The van der Waals surface area contributed by atoms with Gasteiger partial charge in [-0.3, -0.25) is 0 Å². The number of unbranched alkanes of at least 4 members (excludes halogenated alkanes) is 1. The van der Waals surface area contributed by atoms with E-state index in [1.807, 2.05) is 12.1 Å².